The summed E-state index contributed by atoms with van der Waals surface area (Å²) in [5.41, 5.74) is 8.77. The lowest BCUT2D eigenvalue weighted by Gasteiger charge is -2.13. The number of furan rings is 1. The minimum Gasteiger partial charge on any atom is -0.455 e. The van der Waals surface area contributed by atoms with Crippen molar-refractivity contribution in [3.05, 3.63) is 93.4 Å². The van der Waals surface area contributed by atoms with E-state index in [0.29, 0.717) is 24.3 Å². The molecule has 0 bridgehead atoms. The molecule has 0 aliphatic heterocycles. The third-order valence-corrected chi connectivity index (χ3v) is 5.68. The smallest absolute Gasteiger partial charge is 0.287 e. The minimum absolute atomic E-state index is 0.249. The van der Waals surface area contributed by atoms with Crippen LogP contribution >= 0.6 is 0 Å². The average Bonchev–Trinajstić information content (AvgIpc) is 3.14. The average molecular weight is 430 g/mol. The summed E-state index contributed by atoms with van der Waals surface area (Å²) in [5, 5.41) is 7.33. The molecule has 0 radical (unpaired) electrons. The number of nitrogens with zero attached hydrogens (tertiary/aromatic N) is 1. The number of amides is 2. The van der Waals surface area contributed by atoms with Gasteiger partial charge in [0.15, 0.2) is 5.76 Å². The Labute approximate surface area is 187 Å². The maximum Gasteiger partial charge on any atom is 0.287 e. The zero-order valence-electron chi connectivity index (χ0n) is 18.6. The number of fused-ring (bicyclic) bond motifs is 1. The fourth-order valence-electron chi connectivity index (χ4n) is 3.93. The van der Waals surface area contributed by atoms with Crippen LogP contribution < -0.4 is 10.7 Å². The van der Waals surface area contributed by atoms with Gasteiger partial charge in [0.05, 0.1) is 5.71 Å². The van der Waals surface area contributed by atoms with E-state index in [-0.39, 0.29) is 11.8 Å². The van der Waals surface area contributed by atoms with Crippen LogP contribution in [0.1, 0.15) is 67.3 Å². The zero-order chi connectivity index (χ0) is 22.7. The number of nitrogens with one attached hydrogen (secondary N) is 2. The van der Waals surface area contributed by atoms with Gasteiger partial charge < -0.3 is 9.73 Å². The van der Waals surface area contributed by atoms with Crippen molar-refractivity contribution in [2.75, 3.05) is 0 Å². The van der Waals surface area contributed by atoms with Gasteiger partial charge in [0.25, 0.3) is 11.8 Å². The highest BCUT2D eigenvalue weighted by Gasteiger charge is 2.28. The topological polar surface area (TPSA) is 83.7 Å². The predicted molar refractivity (Wildman–Crippen MR) is 124 cm³/mol. The lowest BCUT2D eigenvalue weighted by molar-refractivity contribution is 0.0919. The van der Waals surface area contributed by atoms with E-state index in [1.165, 1.54) is 5.56 Å². The number of aryl methyl sites for hydroxylation is 3. The molecule has 0 saturated heterocycles. The van der Waals surface area contributed by atoms with Crippen molar-refractivity contribution in [3.63, 3.8) is 0 Å². The number of hydrogen-bond acceptors (Lipinski definition) is 4. The molecule has 3 aromatic rings. The summed E-state index contributed by atoms with van der Waals surface area (Å²) >= 11 is 0. The largest absolute Gasteiger partial charge is 0.455 e. The Morgan fingerprint density at radius 2 is 1.75 bits per heavy atom. The van der Waals surface area contributed by atoms with Gasteiger partial charge in [-0.2, -0.15) is 5.10 Å². The van der Waals surface area contributed by atoms with Crippen molar-refractivity contribution in [1.29, 1.82) is 0 Å². The van der Waals surface area contributed by atoms with E-state index in [2.05, 4.69) is 15.8 Å². The number of hydrogen-bond donors (Lipinski definition) is 2. The van der Waals surface area contributed by atoms with Crippen molar-refractivity contribution in [1.82, 2.24) is 10.7 Å². The van der Waals surface area contributed by atoms with Gasteiger partial charge in [-0.1, -0.05) is 47.5 Å². The van der Waals surface area contributed by atoms with Crippen LogP contribution in [0.2, 0.25) is 0 Å². The first-order chi connectivity index (χ1) is 15.4. The normalized spacial score (nSPS) is 14.2. The van der Waals surface area contributed by atoms with Gasteiger partial charge in [0.1, 0.15) is 5.76 Å². The van der Waals surface area contributed by atoms with Crippen molar-refractivity contribution in [2.24, 2.45) is 5.10 Å². The molecule has 1 aromatic heterocycles. The molecule has 2 N–H and O–H groups in total. The minimum atomic E-state index is -0.259. The predicted octanol–water partition coefficient (Wildman–Crippen LogP) is 4.61. The van der Waals surface area contributed by atoms with Crippen molar-refractivity contribution < 1.29 is 14.0 Å². The Balaban J connectivity index is 1.50. The molecule has 6 heteroatoms. The van der Waals surface area contributed by atoms with Crippen LogP contribution in [0.4, 0.5) is 0 Å². The Morgan fingerprint density at radius 1 is 0.969 bits per heavy atom. The zero-order valence-corrected chi connectivity index (χ0v) is 18.6. The first kappa shape index (κ1) is 21.6. The first-order valence-electron chi connectivity index (χ1n) is 10.8. The number of carbonyl (C=O) groups is 2. The second-order valence-electron chi connectivity index (χ2n) is 8.25. The molecular formula is C26H27N3O3. The molecule has 1 aliphatic rings. The van der Waals surface area contributed by atoms with Crippen LogP contribution in [-0.4, -0.2) is 17.5 Å². The van der Waals surface area contributed by atoms with Crippen LogP contribution in [0.3, 0.4) is 0 Å². The lowest BCUT2D eigenvalue weighted by atomic mass is 9.93. The number of carbonyl (C=O) groups excluding carboxylic acids is 2. The molecule has 4 rings (SSSR count). The van der Waals surface area contributed by atoms with Gasteiger partial charge in [-0.25, -0.2) is 5.43 Å². The molecule has 0 unspecified atom stereocenters. The van der Waals surface area contributed by atoms with Crippen molar-refractivity contribution in [3.8, 4) is 0 Å². The van der Waals surface area contributed by atoms with E-state index >= 15 is 0 Å². The summed E-state index contributed by atoms with van der Waals surface area (Å²) in [6.07, 6.45) is 2.31. The van der Waals surface area contributed by atoms with Crippen molar-refractivity contribution in [2.45, 2.75) is 46.6 Å². The second kappa shape index (κ2) is 9.22. The van der Waals surface area contributed by atoms with Gasteiger partial charge in [0.2, 0.25) is 0 Å². The monoisotopic (exact) mass is 429 g/mol. The molecule has 0 atom stereocenters. The van der Waals surface area contributed by atoms with E-state index in [0.717, 1.165) is 46.6 Å². The molecule has 0 spiro atoms. The van der Waals surface area contributed by atoms with E-state index in [4.69, 9.17) is 4.42 Å². The van der Waals surface area contributed by atoms with Crippen LogP contribution in [0.25, 0.3) is 0 Å². The molecule has 2 aromatic carbocycles. The Hall–Kier alpha value is -3.67. The fourth-order valence-corrected chi connectivity index (χ4v) is 3.93. The lowest BCUT2D eigenvalue weighted by Crippen LogP contribution is -2.23. The summed E-state index contributed by atoms with van der Waals surface area (Å²) in [5.74, 6) is 0.547. The summed E-state index contributed by atoms with van der Waals surface area (Å²) in [4.78, 5) is 25.3. The SMILES string of the molecule is Cc1ccc(CNC(=O)c2oc3c(c2C)/C(=N/NC(=O)c2cccc(C)c2)CCC3)cc1. The molecule has 164 valence electrons. The molecule has 2 amide bonds. The Kier molecular flexibility index (Phi) is 6.21. The van der Waals surface area contributed by atoms with Crippen LogP contribution in [0, 0.1) is 20.8 Å². The molecule has 32 heavy (non-hydrogen) atoms. The van der Waals surface area contributed by atoms with E-state index < -0.39 is 0 Å². The fraction of sp³-hybridized carbons (Fsp3) is 0.269. The van der Waals surface area contributed by atoms with Gasteiger partial charge in [-0.3, -0.25) is 9.59 Å². The molecule has 0 fully saturated rings. The number of hydrazone groups is 1. The molecule has 1 heterocycles. The quantitative estimate of drug-likeness (QED) is 0.581. The van der Waals surface area contributed by atoms with Crippen LogP contribution in [-0.2, 0) is 13.0 Å². The van der Waals surface area contributed by atoms with Crippen LogP contribution in [0.5, 0.6) is 0 Å². The molecule has 0 saturated carbocycles. The highest BCUT2D eigenvalue weighted by molar-refractivity contribution is 6.07. The maximum atomic E-state index is 12.8. The second-order valence-corrected chi connectivity index (χ2v) is 8.25. The highest BCUT2D eigenvalue weighted by Crippen LogP contribution is 2.30. The third kappa shape index (κ3) is 4.64. The van der Waals surface area contributed by atoms with E-state index in [1.807, 2.05) is 63.2 Å². The highest BCUT2D eigenvalue weighted by atomic mass is 16.4. The number of benzene rings is 2. The maximum absolute atomic E-state index is 12.8. The van der Waals surface area contributed by atoms with Gasteiger partial charge >= 0.3 is 0 Å². The van der Waals surface area contributed by atoms with Gasteiger partial charge in [-0.05, 0) is 51.3 Å². The van der Waals surface area contributed by atoms with E-state index in [1.54, 1.807) is 6.07 Å². The Bertz CT molecular complexity index is 1190. The van der Waals surface area contributed by atoms with Crippen molar-refractivity contribution >= 4 is 17.5 Å². The molecular weight excluding hydrogens is 402 g/mol. The van der Waals surface area contributed by atoms with Crippen LogP contribution in [0.15, 0.2) is 58.0 Å². The van der Waals surface area contributed by atoms with Gasteiger partial charge in [-0.15, -0.1) is 0 Å². The van der Waals surface area contributed by atoms with E-state index in [9.17, 15) is 9.59 Å². The first-order valence-corrected chi connectivity index (χ1v) is 10.8. The summed E-state index contributed by atoms with van der Waals surface area (Å²) in [6, 6.07) is 15.4. The third-order valence-electron chi connectivity index (χ3n) is 5.68. The summed E-state index contributed by atoms with van der Waals surface area (Å²) in [7, 11) is 0. The summed E-state index contributed by atoms with van der Waals surface area (Å²) in [6.45, 7) is 6.27. The molecule has 1 aliphatic carbocycles. The number of rotatable bonds is 5. The van der Waals surface area contributed by atoms with Gasteiger partial charge in [0, 0.05) is 29.7 Å². The molecule has 6 nitrogen and oxygen atoms in total. The summed E-state index contributed by atoms with van der Waals surface area (Å²) < 4.78 is 5.94. The standard InChI is InChI=1S/C26H27N3O3/c1-16-10-12-19(13-11-16)15-27-26(31)24-18(3)23-21(8-5-9-22(23)32-24)28-29-25(30)20-7-4-6-17(2)14-20/h4,6-7,10-14H,5,8-9,15H2,1-3H3,(H,27,31)(H,29,30)/b28-21+. The Morgan fingerprint density at radius 3 is 2.50 bits per heavy atom.